The molecule has 0 fully saturated rings. The summed E-state index contributed by atoms with van der Waals surface area (Å²) in [6.45, 7) is 0.638. The average Bonchev–Trinajstić information content (AvgIpc) is 2.48. The number of rotatable bonds is 2. The zero-order valence-electron chi connectivity index (χ0n) is 9.15. The van der Waals surface area contributed by atoms with Crippen molar-refractivity contribution in [1.82, 2.24) is 5.32 Å². The van der Waals surface area contributed by atoms with Gasteiger partial charge in [0.15, 0.2) is 0 Å². The molecule has 0 radical (unpaired) electrons. The molecule has 0 saturated carbocycles. The summed E-state index contributed by atoms with van der Waals surface area (Å²) in [6.07, 6.45) is 5.55. The fraction of sp³-hybridized carbons (Fsp3) is 0.308. The Kier molecular flexibility index (Phi) is 3.25. The molecule has 3 N–H and O–H groups in total. The lowest BCUT2D eigenvalue weighted by Gasteiger charge is -2.14. The van der Waals surface area contributed by atoms with Crippen LogP contribution in [0.4, 0.5) is 5.69 Å². The van der Waals surface area contributed by atoms with Crippen molar-refractivity contribution in [1.29, 1.82) is 0 Å². The fourth-order valence-electron chi connectivity index (χ4n) is 1.92. The number of amides is 1. The first-order valence-electron chi connectivity index (χ1n) is 5.53. The monoisotopic (exact) mass is 216 g/mol. The van der Waals surface area contributed by atoms with Crippen LogP contribution < -0.4 is 11.1 Å². The number of nitrogens with two attached hydrogens (primary N) is 1. The molecule has 3 heteroatoms. The minimum absolute atomic E-state index is 0.00319. The summed E-state index contributed by atoms with van der Waals surface area (Å²) in [5.74, 6) is 0.122. The second-order valence-electron chi connectivity index (χ2n) is 4.05. The second-order valence-corrected chi connectivity index (χ2v) is 4.05. The van der Waals surface area contributed by atoms with Gasteiger partial charge < -0.3 is 11.1 Å². The number of hydrogen-bond acceptors (Lipinski definition) is 2. The summed E-state index contributed by atoms with van der Waals surface area (Å²) in [5, 5.41) is 2.87. The number of anilines is 1. The zero-order chi connectivity index (χ0) is 11.4. The normalized spacial score (nSPS) is 20.2. The molecule has 0 aromatic heterocycles. The van der Waals surface area contributed by atoms with Crippen molar-refractivity contribution < 1.29 is 4.79 Å². The minimum Gasteiger partial charge on any atom is -0.399 e. The molecule has 2 rings (SSSR count). The van der Waals surface area contributed by atoms with E-state index in [1.165, 1.54) is 0 Å². The highest BCUT2D eigenvalue weighted by Gasteiger charge is 2.19. The van der Waals surface area contributed by atoms with Crippen molar-refractivity contribution in [2.45, 2.75) is 12.8 Å². The third kappa shape index (κ3) is 2.42. The van der Waals surface area contributed by atoms with Gasteiger partial charge in [0.1, 0.15) is 0 Å². The molecule has 0 unspecified atom stereocenters. The van der Waals surface area contributed by atoms with E-state index in [9.17, 15) is 4.79 Å². The van der Waals surface area contributed by atoms with Crippen molar-refractivity contribution in [2.75, 3.05) is 12.3 Å². The van der Waals surface area contributed by atoms with E-state index in [1.807, 2.05) is 30.3 Å². The third-order valence-electron chi connectivity index (χ3n) is 2.87. The summed E-state index contributed by atoms with van der Waals surface area (Å²) >= 11 is 0. The van der Waals surface area contributed by atoms with Gasteiger partial charge in [-0.3, -0.25) is 4.79 Å². The van der Waals surface area contributed by atoms with Crippen molar-refractivity contribution >= 4 is 11.6 Å². The number of carbonyl (C=O) groups is 1. The summed E-state index contributed by atoms with van der Waals surface area (Å²) in [7, 11) is 0. The van der Waals surface area contributed by atoms with E-state index in [-0.39, 0.29) is 11.8 Å². The molecule has 0 bridgehead atoms. The molecule has 3 nitrogen and oxygen atoms in total. The van der Waals surface area contributed by atoms with Gasteiger partial charge >= 0.3 is 0 Å². The van der Waals surface area contributed by atoms with Crippen LogP contribution in [-0.4, -0.2) is 12.5 Å². The van der Waals surface area contributed by atoms with Gasteiger partial charge in [0.25, 0.3) is 0 Å². The average molecular weight is 216 g/mol. The van der Waals surface area contributed by atoms with E-state index < -0.39 is 0 Å². The summed E-state index contributed by atoms with van der Waals surface area (Å²) in [6, 6.07) is 7.72. The molecule has 0 saturated heterocycles. The van der Waals surface area contributed by atoms with Crippen LogP contribution in [0.1, 0.15) is 12.0 Å². The number of nitrogen functional groups attached to an aromatic ring is 1. The molecule has 1 aliphatic rings. The van der Waals surface area contributed by atoms with Gasteiger partial charge in [-0.25, -0.2) is 0 Å². The van der Waals surface area contributed by atoms with Crippen molar-refractivity contribution in [3.05, 3.63) is 42.0 Å². The lowest BCUT2D eigenvalue weighted by atomic mass is 9.95. The van der Waals surface area contributed by atoms with Gasteiger partial charge in [-0.15, -0.1) is 0 Å². The van der Waals surface area contributed by atoms with Crippen LogP contribution in [-0.2, 0) is 11.2 Å². The van der Waals surface area contributed by atoms with Crippen LogP contribution in [0, 0.1) is 5.92 Å². The molecule has 1 aromatic carbocycles. The summed E-state index contributed by atoms with van der Waals surface area (Å²) < 4.78 is 0. The Labute approximate surface area is 95.3 Å². The van der Waals surface area contributed by atoms with E-state index in [4.69, 9.17) is 5.73 Å². The van der Waals surface area contributed by atoms with E-state index in [0.717, 1.165) is 17.7 Å². The van der Waals surface area contributed by atoms with Crippen LogP contribution in [0.2, 0.25) is 0 Å². The highest BCUT2D eigenvalue weighted by Crippen LogP contribution is 2.19. The first kappa shape index (κ1) is 10.7. The lowest BCUT2D eigenvalue weighted by molar-refractivity contribution is -0.124. The van der Waals surface area contributed by atoms with Gasteiger partial charge in [0.2, 0.25) is 5.91 Å². The summed E-state index contributed by atoms with van der Waals surface area (Å²) in [5.41, 5.74) is 7.69. The molecular formula is C13H16N2O. The van der Waals surface area contributed by atoms with E-state index in [2.05, 4.69) is 11.4 Å². The minimum atomic E-state index is 0.00319. The predicted molar refractivity (Wildman–Crippen MR) is 64.8 cm³/mol. The maximum atomic E-state index is 11.7. The van der Waals surface area contributed by atoms with Gasteiger partial charge in [-0.05, 0) is 24.5 Å². The molecule has 84 valence electrons. The Morgan fingerprint density at radius 2 is 2.12 bits per heavy atom. The van der Waals surface area contributed by atoms with Crippen LogP contribution >= 0.6 is 0 Å². The molecule has 1 aromatic rings. The number of carbonyl (C=O) groups excluding carboxylic acids is 1. The Balaban J connectivity index is 2.11. The Morgan fingerprint density at radius 3 is 2.94 bits per heavy atom. The smallest absolute Gasteiger partial charge is 0.224 e. The predicted octanol–water partition coefficient (Wildman–Crippen LogP) is 1.50. The molecule has 1 atom stereocenters. The topological polar surface area (TPSA) is 55.1 Å². The number of para-hydroxylation sites is 1. The van der Waals surface area contributed by atoms with Gasteiger partial charge in [-0.1, -0.05) is 30.4 Å². The Hall–Kier alpha value is -1.77. The third-order valence-corrected chi connectivity index (χ3v) is 2.87. The van der Waals surface area contributed by atoms with Crippen molar-refractivity contribution in [2.24, 2.45) is 5.92 Å². The van der Waals surface area contributed by atoms with Crippen molar-refractivity contribution in [3.63, 3.8) is 0 Å². The molecular weight excluding hydrogens is 200 g/mol. The molecule has 0 aliphatic carbocycles. The molecule has 16 heavy (non-hydrogen) atoms. The van der Waals surface area contributed by atoms with Gasteiger partial charge in [-0.2, -0.15) is 0 Å². The lowest BCUT2D eigenvalue weighted by Crippen LogP contribution is -2.30. The number of nitrogens with one attached hydrogen (secondary N) is 1. The number of allylic oxidation sites excluding steroid dienone is 1. The zero-order valence-corrected chi connectivity index (χ0v) is 9.15. The highest BCUT2D eigenvalue weighted by molar-refractivity contribution is 5.79. The largest absolute Gasteiger partial charge is 0.399 e. The first-order valence-corrected chi connectivity index (χ1v) is 5.53. The van der Waals surface area contributed by atoms with Crippen LogP contribution in [0.15, 0.2) is 36.4 Å². The molecule has 0 spiro atoms. The van der Waals surface area contributed by atoms with Crippen LogP contribution in [0.25, 0.3) is 0 Å². The quantitative estimate of drug-likeness (QED) is 0.581. The fourth-order valence-corrected chi connectivity index (χ4v) is 1.92. The SMILES string of the molecule is Nc1ccccc1C[C@@H]1CC=CCNC1=O. The van der Waals surface area contributed by atoms with Crippen LogP contribution in [0.5, 0.6) is 0 Å². The maximum Gasteiger partial charge on any atom is 0.224 e. The summed E-state index contributed by atoms with van der Waals surface area (Å²) in [4.78, 5) is 11.7. The van der Waals surface area contributed by atoms with Gasteiger partial charge in [0, 0.05) is 18.2 Å². The van der Waals surface area contributed by atoms with E-state index >= 15 is 0 Å². The molecule has 1 aliphatic heterocycles. The van der Waals surface area contributed by atoms with Gasteiger partial charge in [0.05, 0.1) is 0 Å². The van der Waals surface area contributed by atoms with Crippen molar-refractivity contribution in [3.8, 4) is 0 Å². The Bertz CT molecular complexity index is 412. The first-order chi connectivity index (χ1) is 7.77. The standard InChI is InChI=1S/C13H16N2O/c14-12-7-2-1-5-10(12)9-11-6-3-4-8-15-13(11)16/h1-5,7,11H,6,8-9,14H2,(H,15,16)/t11-/m0/s1. The second kappa shape index (κ2) is 4.84. The number of hydrogen-bond donors (Lipinski definition) is 2. The molecule has 1 amide bonds. The van der Waals surface area contributed by atoms with E-state index in [1.54, 1.807) is 0 Å². The van der Waals surface area contributed by atoms with E-state index in [0.29, 0.717) is 13.0 Å². The Morgan fingerprint density at radius 1 is 1.31 bits per heavy atom. The molecule has 1 heterocycles. The van der Waals surface area contributed by atoms with Crippen LogP contribution in [0.3, 0.4) is 0 Å². The number of benzene rings is 1. The maximum absolute atomic E-state index is 11.7. The highest BCUT2D eigenvalue weighted by atomic mass is 16.1.